The zero-order chi connectivity index (χ0) is 23.0. The number of rotatable bonds is 11. The number of aliphatic hydroxyl groups excluding tert-OH is 1. The number of primary amides is 1. The summed E-state index contributed by atoms with van der Waals surface area (Å²) < 4.78 is 0. The number of hydrogen-bond acceptors (Lipinski definition) is 7. The van der Waals surface area contributed by atoms with Gasteiger partial charge in [0.05, 0.1) is 19.1 Å². The van der Waals surface area contributed by atoms with E-state index in [9.17, 15) is 34.2 Å². The van der Waals surface area contributed by atoms with Gasteiger partial charge >= 0.3 is 5.97 Å². The molecule has 1 aliphatic heterocycles. The lowest BCUT2D eigenvalue weighted by atomic mass is 9.97. The Morgan fingerprint density at radius 1 is 1.17 bits per heavy atom. The molecular weight excluding hydrogens is 398 g/mol. The molecule has 12 heteroatoms. The SMILES string of the molecule is CCC(C)C(NC(=O)C(N)CC(N)=O)C(=O)NC(CO)C(=O)N1CCCC1C(=O)O. The largest absolute Gasteiger partial charge is 0.480 e. The summed E-state index contributed by atoms with van der Waals surface area (Å²) in [4.78, 5) is 61.0. The van der Waals surface area contributed by atoms with Crippen LogP contribution in [0, 0.1) is 5.92 Å². The summed E-state index contributed by atoms with van der Waals surface area (Å²) in [5, 5.41) is 23.7. The van der Waals surface area contributed by atoms with E-state index in [2.05, 4.69) is 10.6 Å². The molecule has 1 heterocycles. The molecule has 8 N–H and O–H groups in total. The molecule has 1 rings (SSSR count). The van der Waals surface area contributed by atoms with Crippen LogP contribution in [0.25, 0.3) is 0 Å². The molecule has 0 saturated carbocycles. The lowest BCUT2D eigenvalue weighted by Crippen LogP contribution is -2.59. The van der Waals surface area contributed by atoms with E-state index < -0.39 is 66.8 Å². The molecule has 4 amide bonds. The van der Waals surface area contributed by atoms with Crippen molar-refractivity contribution in [3.05, 3.63) is 0 Å². The zero-order valence-corrected chi connectivity index (χ0v) is 17.2. The van der Waals surface area contributed by atoms with Crippen molar-refractivity contribution < 1.29 is 34.2 Å². The van der Waals surface area contributed by atoms with Gasteiger partial charge in [-0.05, 0) is 18.8 Å². The van der Waals surface area contributed by atoms with Crippen molar-refractivity contribution in [3.63, 3.8) is 0 Å². The van der Waals surface area contributed by atoms with Crippen LogP contribution in [0.2, 0.25) is 0 Å². The van der Waals surface area contributed by atoms with Crippen molar-refractivity contribution in [1.29, 1.82) is 0 Å². The standard InChI is InChI=1S/C18H31N5O7/c1-3-9(2)14(22-15(26)10(19)7-13(20)25)16(27)21-11(8-24)17(28)23-6-4-5-12(23)18(29)30/h9-12,14,24H,3-8,19H2,1-2H3,(H2,20,25)(H,21,27)(H,22,26)(H,29,30). The lowest BCUT2D eigenvalue weighted by Gasteiger charge is -2.29. The molecule has 1 fully saturated rings. The maximum atomic E-state index is 12.8. The Labute approximate surface area is 174 Å². The van der Waals surface area contributed by atoms with Gasteiger partial charge in [0.15, 0.2) is 0 Å². The highest BCUT2D eigenvalue weighted by Crippen LogP contribution is 2.18. The maximum absolute atomic E-state index is 12.8. The summed E-state index contributed by atoms with van der Waals surface area (Å²) in [6.07, 6.45) is 0.882. The van der Waals surface area contributed by atoms with Crippen LogP contribution in [0.1, 0.15) is 39.5 Å². The molecule has 1 saturated heterocycles. The van der Waals surface area contributed by atoms with E-state index in [1.165, 1.54) is 0 Å². The molecule has 0 spiro atoms. The second kappa shape index (κ2) is 11.5. The molecule has 0 aliphatic carbocycles. The second-order valence-corrected chi connectivity index (χ2v) is 7.42. The van der Waals surface area contributed by atoms with Gasteiger partial charge in [-0.15, -0.1) is 0 Å². The number of likely N-dealkylation sites (tertiary alicyclic amines) is 1. The van der Waals surface area contributed by atoms with E-state index in [0.717, 1.165) is 4.90 Å². The average Bonchev–Trinajstić information content (AvgIpc) is 3.18. The number of carbonyl (C=O) groups is 5. The van der Waals surface area contributed by atoms with Crippen LogP contribution < -0.4 is 22.1 Å². The average molecular weight is 429 g/mol. The third kappa shape index (κ3) is 6.66. The quantitative estimate of drug-likeness (QED) is 0.203. The topological polar surface area (TPSA) is 205 Å². The molecule has 0 aromatic rings. The van der Waals surface area contributed by atoms with Crippen molar-refractivity contribution in [2.75, 3.05) is 13.2 Å². The van der Waals surface area contributed by atoms with Crippen LogP contribution in [0.15, 0.2) is 0 Å². The molecule has 1 aliphatic rings. The first-order valence-corrected chi connectivity index (χ1v) is 9.82. The van der Waals surface area contributed by atoms with E-state index in [-0.39, 0.29) is 18.9 Å². The zero-order valence-electron chi connectivity index (χ0n) is 17.2. The number of carbonyl (C=O) groups excluding carboxylic acids is 4. The van der Waals surface area contributed by atoms with Crippen LogP contribution in [0.5, 0.6) is 0 Å². The molecular formula is C18H31N5O7. The van der Waals surface area contributed by atoms with Gasteiger partial charge in [-0.3, -0.25) is 19.2 Å². The normalized spacial score (nSPS) is 20.0. The number of nitrogens with two attached hydrogens (primary N) is 2. The molecule has 0 aromatic heterocycles. The highest BCUT2D eigenvalue weighted by Gasteiger charge is 2.38. The molecule has 0 bridgehead atoms. The van der Waals surface area contributed by atoms with Crippen molar-refractivity contribution >= 4 is 29.6 Å². The summed E-state index contributed by atoms with van der Waals surface area (Å²) in [5.74, 6) is -4.49. The monoisotopic (exact) mass is 429 g/mol. The Morgan fingerprint density at radius 3 is 2.30 bits per heavy atom. The fraction of sp³-hybridized carbons (Fsp3) is 0.722. The Bertz CT molecular complexity index is 671. The van der Waals surface area contributed by atoms with E-state index >= 15 is 0 Å². The third-order valence-electron chi connectivity index (χ3n) is 5.17. The summed E-state index contributed by atoms with van der Waals surface area (Å²) in [7, 11) is 0. The molecule has 30 heavy (non-hydrogen) atoms. The van der Waals surface area contributed by atoms with Crippen molar-refractivity contribution in [3.8, 4) is 0 Å². The maximum Gasteiger partial charge on any atom is 0.326 e. The molecule has 12 nitrogen and oxygen atoms in total. The predicted octanol–water partition coefficient (Wildman–Crippen LogP) is -2.73. The first kappa shape index (κ1) is 25.3. The fourth-order valence-electron chi connectivity index (χ4n) is 3.21. The fourth-order valence-corrected chi connectivity index (χ4v) is 3.21. The van der Waals surface area contributed by atoms with Gasteiger partial charge in [0.1, 0.15) is 18.1 Å². The smallest absolute Gasteiger partial charge is 0.326 e. The van der Waals surface area contributed by atoms with Crippen molar-refractivity contribution in [2.45, 2.75) is 63.7 Å². The Morgan fingerprint density at radius 2 is 1.80 bits per heavy atom. The van der Waals surface area contributed by atoms with Crippen LogP contribution >= 0.6 is 0 Å². The number of carboxylic acids is 1. The number of amides is 4. The first-order valence-electron chi connectivity index (χ1n) is 9.82. The van der Waals surface area contributed by atoms with Gasteiger partial charge in [-0.2, -0.15) is 0 Å². The minimum absolute atomic E-state index is 0.204. The van der Waals surface area contributed by atoms with Crippen LogP contribution in [-0.2, 0) is 24.0 Å². The second-order valence-electron chi connectivity index (χ2n) is 7.42. The lowest BCUT2D eigenvalue weighted by molar-refractivity contribution is -0.150. The van der Waals surface area contributed by atoms with Gasteiger partial charge in [0, 0.05) is 6.54 Å². The highest BCUT2D eigenvalue weighted by atomic mass is 16.4. The number of hydrogen-bond donors (Lipinski definition) is 6. The summed E-state index contributed by atoms with van der Waals surface area (Å²) in [6, 6.07) is -4.70. The molecule has 0 radical (unpaired) electrons. The number of nitrogens with zero attached hydrogens (tertiary/aromatic N) is 1. The number of aliphatic hydroxyl groups is 1. The molecule has 5 unspecified atom stereocenters. The van der Waals surface area contributed by atoms with Gasteiger partial charge < -0.3 is 37.2 Å². The van der Waals surface area contributed by atoms with Crippen LogP contribution in [0.3, 0.4) is 0 Å². The van der Waals surface area contributed by atoms with E-state index in [0.29, 0.717) is 12.8 Å². The molecule has 5 atom stereocenters. The first-order chi connectivity index (χ1) is 14.0. The summed E-state index contributed by atoms with van der Waals surface area (Å²) >= 11 is 0. The number of nitrogens with one attached hydrogen (secondary N) is 2. The Balaban J connectivity index is 2.90. The number of carboxylic acid groups (broad SMARTS) is 1. The van der Waals surface area contributed by atoms with Crippen LogP contribution in [-0.4, -0.2) is 82.0 Å². The van der Waals surface area contributed by atoms with E-state index in [4.69, 9.17) is 11.5 Å². The van der Waals surface area contributed by atoms with E-state index in [1.807, 2.05) is 0 Å². The van der Waals surface area contributed by atoms with Gasteiger partial charge in [0.25, 0.3) is 0 Å². The Hall–Kier alpha value is -2.73. The van der Waals surface area contributed by atoms with Gasteiger partial charge in [-0.1, -0.05) is 20.3 Å². The third-order valence-corrected chi connectivity index (χ3v) is 5.17. The van der Waals surface area contributed by atoms with E-state index in [1.54, 1.807) is 13.8 Å². The number of aliphatic carboxylic acids is 1. The summed E-state index contributed by atoms with van der Waals surface area (Å²) in [5.41, 5.74) is 10.6. The van der Waals surface area contributed by atoms with Crippen molar-refractivity contribution in [2.24, 2.45) is 17.4 Å². The van der Waals surface area contributed by atoms with Crippen molar-refractivity contribution in [1.82, 2.24) is 15.5 Å². The predicted molar refractivity (Wildman–Crippen MR) is 105 cm³/mol. The molecule has 170 valence electrons. The minimum atomic E-state index is -1.36. The van der Waals surface area contributed by atoms with Gasteiger partial charge in [0.2, 0.25) is 23.6 Å². The van der Waals surface area contributed by atoms with Crippen LogP contribution in [0.4, 0.5) is 0 Å². The highest BCUT2D eigenvalue weighted by molar-refractivity contribution is 5.95. The van der Waals surface area contributed by atoms with Gasteiger partial charge in [-0.25, -0.2) is 4.79 Å². The minimum Gasteiger partial charge on any atom is -0.480 e. The Kier molecular flexibility index (Phi) is 9.66. The molecule has 0 aromatic carbocycles. The summed E-state index contributed by atoms with van der Waals surface area (Å²) in [6.45, 7) is 2.95.